The highest BCUT2D eigenvalue weighted by Crippen LogP contribution is 2.30. The number of benzene rings is 1. The van der Waals surface area contributed by atoms with Gasteiger partial charge in [0.15, 0.2) is 15.0 Å². The first-order valence-corrected chi connectivity index (χ1v) is 12.9. The Balaban J connectivity index is 1.48. The van der Waals surface area contributed by atoms with E-state index in [-0.39, 0.29) is 11.7 Å². The molecule has 0 unspecified atom stereocenters. The van der Waals surface area contributed by atoms with Crippen LogP contribution in [0.4, 0.5) is 5.13 Å². The van der Waals surface area contributed by atoms with Gasteiger partial charge in [0, 0.05) is 34.2 Å². The zero-order chi connectivity index (χ0) is 22.9. The molecule has 0 bridgehead atoms. The molecular formula is C23H23N3O4S2. The summed E-state index contributed by atoms with van der Waals surface area (Å²) >= 11 is 1.36. The van der Waals surface area contributed by atoms with Crippen LogP contribution in [0.25, 0.3) is 11.3 Å². The van der Waals surface area contributed by atoms with Gasteiger partial charge in [-0.15, -0.1) is 11.3 Å². The largest absolute Gasteiger partial charge is 0.467 e. The molecule has 3 heterocycles. The molecule has 0 aliphatic rings. The maximum atomic E-state index is 12.6. The Kier molecular flexibility index (Phi) is 6.03. The minimum atomic E-state index is -3.12. The highest BCUT2D eigenvalue weighted by Gasteiger charge is 2.16. The number of nitrogens with zero attached hydrogens (tertiary/aromatic N) is 2. The van der Waals surface area contributed by atoms with E-state index in [0.717, 1.165) is 28.4 Å². The van der Waals surface area contributed by atoms with Crippen LogP contribution in [-0.2, 0) is 22.1 Å². The Bertz CT molecular complexity index is 1350. The lowest BCUT2D eigenvalue weighted by Gasteiger charge is -2.07. The summed E-state index contributed by atoms with van der Waals surface area (Å²) in [6.07, 6.45) is 2.85. The van der Waals surface area contributed by atoms with Crippen molar-refractivity contribution in [3.05, 3.63) is 82.4 Å². The van der Waals surface area contributed by atoms with Gasteiger partial charge in [-0.25, -0.2) is 13.4 Å². The molecule has 1 amide bonds. The number of carbonyl (C=O) groups excluding carboxylic acids is 1. The molecule has 0 saturated carbocycles. The number of anilines is 1. The van der Waals surface area contributed by atoms with Crippen molar-refractivity contribution in [2.75, 3.05) is 11.6 Å². The molecule has 0 spiro atoms. The maximum Gasteiger partial charge on any atom is 0.257 e. The van der Waals surface area contributed by atoms with Crippen LogP contribution in [0.5, 0.6) is 0 Å². The monoisotopic (exact) mass is 469 g/mol. The van der Waals surface area contributed by atoms with Gasteiger partial charge >= 0.3 is 0 Å². The quantitative estimate of drug-likeness (QED) is 0.425. The molecule has 0 atom stereocenters. The number of sulfone groups is 1. The first kappa shape index (κ1) is 22.0. The molecule has 7 nitrogen and oxygen atoms in total. The van der Waals surface area contributed by atoms with Crippen molar-refractivity contribution in [3.8, 4) is 11.3 Å². The van der Waals surface area contributed by atoms with Crippen molar-refractivity contribution < 1.29 is 17.6 Å². The number of aryl methyl sites for hydroxylation is 1. The summed E-state index contributed by atoms with van der Waals surface area (Å²) in [6.45, 7) is 4.73. The van der Waals surface area contributed by atoms with Crippen molar-refractivity contribution in [2.45, 2.75) is 26.1 Å². The van der Waals surface area contributed by atoms with Crippen LogP contribution in [-0.4, -0.2) is 30.1 Å². The van der Waals surface area contributed by atoms with Crippen molar-refractivity contribution in [2.24, 2.45) is 0 Å². The van der Waals surface area contributed by atoms with E-state index in [4.69, 9.17) is 4.42 Å². The molecule has 0 saturated heterocycles. The Morgan fingerprint density at radius 1 is 1.19 bits per heavy atom. The van der Waals surface area contributed by atoms with E-state index in [9.17, 15) is 13.2 Å². The first-order chi connectivity index (χ1) is 15.2. The number of amides is 1. The normalized spacial score (nSPS) is 11.6. The fraction of sp³-hybridized carbons (Fsp3) is 0.217. The van der Waals surface area contributed by atoms with Crippen molar-refractivity contribution in [1.82, 2.24) is 9.55 Å². The van der Waals surface area contributed by atoms with Crippen LogP contribution in [0.3, 0.4) is 0 Å². The van der Waals surface area contributed by atoms with Crippen LogP contribution < -0.4 is 5.32 Å². The number of nitrogens with one attached hydrogen (secondary N) is 1. The van der Waals surface area contributed by atoms with Crippen LogP contribution in [0.15, 0.2) is 58.5 Å². The number of hydrogen-bond donors (Lipinski definition) is 1. The third kappa shape index (κ3) is 5.00. The summed E-state index contributed by atoms with van der Waals surface area (Å²) in [4.78, 5) is 17.2. The smallest absolute Gasteiger partial charge is 0.257 e. The zero-order valence-corrected chi connectivity index (χ0v) is 19.6. The standard InChI is InChI=1S/C23H23N3O4S2/c1-15-11-20(16(2)26(15)12-19-5-4-10-30-19)21-13-31-23(24-21)25-22(27)18-8-6-17(7-9-18)14-32(3,28)29/h4-11,13H,12,14H2,1-3H3,(H,24,25,27). The predicted molar refractivity (Wildman–Crippen MR) is 126 cm³/mol. The van der Waals surface area contributed by atoms with E-state index < -0.39 is 9.84 Å². The lowest BCUT2D eigenvalue weighted by Crippen LogP contribution is -2.12. The topological polar surface area (TPSA) is 94.2 Å². The van der Waals surface area contributed by atoms with Gasteiger partial charge in [-0.05, 0) is 49.7 Å². The number of aromatic nitrogens is 2. The SMILES string of the molecule is Cc1cc(-c2csc(NC(=O)c3ccc(CS(C)(=O)=O)cc3)n2)c(C)n1Cc1ccco1. The summed E-state index contributed by atoms with van der Waals surface area (Å²) < 4.78 is 30.5. The van der Waals surface area contributed by atoms with E-state index in [1.54, 1.807) is 30.5 Å². The second-order valence-corrected chi connectivity index (χ2v) is 10.7. The van der Waals surface area contributed by atoms with E-state index in [1.807, 2.05) is 31.4 Å². The van der Waals surface area contributed by atoms with Crippen LogP contribution in [0, 0.1) is 13.8 Å². The molecule has 0 radical (unpaired) electrons. The van der Waals surface area contributed by atoms with Crippen LogP contribution in [0.2, 0.25) is 0 Å². The molecule has 1 N–H and O–H groups in total. The Morgan fingerprint density at radius 2 is 1.94 bits per heavy atom. The Labute approximate surface area is 190 Å². The van der Waals surface area contributed by atoms with Gasteiger partial charge in [0.2, 0.25) is 0 Å². The second-order valence-electron chi connectivity index (χ2n) is 7.71. The first-order valence-electron chi connectivity index (χ1n) is 9.92. The lowest BCUT2D eigenvalue weighted by atomic mass is 10.1. The maximum absolute atomic E-state index is 12.6. The lowest BCUT2D eigenvalue weighted by molar-refractivity contribution is 0.102. The molecule has 9 heteroatoms. The molecule has 0 aliphatic heterocycles. The molecule has 3 aromatic heterocycles. The highest BCUT2D eigenvalue weighted by molar-refractivity contribution is 7.89. The van der Waals surface area contributed by atoms with E-state index >= 15 is 0 Å². The van der Waals surface area contributed by atoms with E-state index in [2.05, 4.69) is 20.9 Å². The van der Waals surface area contributed by atoms with Gasteiger partial charge in [-0.1, -0.05) is 12.1 Å². The summed E-state index contributed by atoms with van der Waals surface area (Å²) in [7, 11) is -3.12. The van der Waals surface area contributed by atoms with Gasteiger partial charge in [0.25, 0.3) is 5.91 Å². The third-order valence-electron chi connectivity index (χ3n) is 5.11. The number of carbonyl (C=O) groups is 1. The molecule has 166 valence electrons. The second kappa shape index (κ2) is 8.76. The summed E-state index contributed by atoms with van der Waals surface area (Å²) in [5.74, 6) is 0.538. The molecule has 1 aromatic carbocycles. The van der Waals surface area contributed by atoms with Gasteiger partial charge in [-0.3, -0.25) is 10.1 Å². The Morgan fingerprint density at radius 3 is 2.59 bits per heavy atom. The molecule has 0 aliphatic carbocycles. The predicted octanol–water partition coefficient (Wildman–Crippen LogP) is 4.67. The van der Waals surface area contributed by atoms with Gasteiger partial charge in [0.1, 0.15) is 5.76 Å². The minimum absolute atomic E-state index is 0.0525. The average Bonchev–Trinajstić information content (AvgIpc) is 3.45. The fourth-order valence-electron chi connectivity index (χ4n) is 3.54. The molecule has 0 fully saturated rings. The minimum Gasteiger partial charge on any atom is -0.467 e. The van der Waals surface area contributed by atoms with E-state index in [1.165, 1.54) is 17.6 Å². The summed E-state index contributed by atoms with van der Waals surface area (Å²) in [6, 6.07) is 12.4. The Hall–Kier alpha value is -3.17. The average molecular weight is 470 g/mol. The van der Waals surface area contributed by atoms with Crippen molar-refractivity contribution in [3.63, 3.8) is 0 Å². The number of rotatable bonds is 7. The number of hydrogen-bond acceptors (Lipinski definition) is 6. The van der Waals surface area contributed by atoms with Gasteiger partial charge < -0.3 is 8.98 Å². The van der Waals surface area contributed by atoms with Crippen LogP contribution in [0.1, 0.15) is 33.1 Å². The summed E-state index contributed by atoms with van der Waals surface area (Å²) in [5.41, 5.74) is 5.06. The van der Waals surface area contributed by atoms with Gasteiger partial charge in [-0.2, -0.15) is 0 Å². The highest BCUT2D eigenvalue weighted by atomic mass is 32.2. The number of furan rings is 1. The number of thiazole rings is 1. The van der Waals surface area contributed by atoms with Crippen LogP contribution >= 0.6 is 11.3 Å². The van der Waals surface area contributed by atoms with E-state index in [0.29, 0.717) is 22.8 Å². The fourth-order valence-corrected chi connectivity index (χ4v) is 5.04. The molecule has 4 rings (SSSR count). The van der Waals surface area contributed by atoms with Crippen molar-refractivity contribution >= 4 is 32.2 Å². The molecule has 32 heavy (non-hydrogen) atoms. The zero-order valence-electron chi connectivity index (χ0n) is 18.0. The third-order valence-corrected chi connectivity index (χ3v) is 6.73. The molecular weight excluding hydrogens is 446 g/mol. The summed E-state index contributed by atoms with van der Waals surface area (Å²) in [5, 5.41) is 5.24. The van der Waals surface area contributed by atoms with Gasteiger partial charge in [0.05, 0.1) is 24.3 Å². The molecule has 4 aromatic rings. The van der Waals surface area contributed by atoms with Crippen molar-refractivity contribution in [1.29, 1.82) is 0 Å².